The van der Waals surface area contributed by atoms with Crippen molar-refractivity contribution in [1.29, 1.82) is 5.41 Å². The smallest absolute Gasteiger partial charge is 0.305 e. The highest BCUT2D eigenvalue weighted by molar-refractivity contribution is 5.77. The van der Waals surface area contributed by atoms with Gasteiger partial charge in [-0.25, -0.2) is 4.68 Å². The lowest BCUT2D eigenvalue weighted by Gasteiger charge is -2.17. The van der Waals surface area contributed by atoms with Crippen molar-refractivity contribution in [2.75, 3.05) is 6.54 Å². The van der Waals surface area contributed by atoms with Gasteiger partial charge in [-0.05, 0) is 30.5 Å². The summed E-state index contributed by atoms with van der Waals surface area (Å²) >= 11 is 0. The average Bonchev–Trinajstić information content (AvgIpc) is 3.05. The van der Waals surface area contributed by atoms with Crippen LogP contribution in [0, 0.1) is 5.41 Å². The van der Waals surface area contributed by atoms with Crippen molar-refractivity contribution < 1.29 is 19.8 Å². The van der Waals surface area contributed by atoms with Crippen LogP contribution in [0.1, 0.15) is 30.1 Å². The van der Waals surface area contributed by atoms with Crippen LogP contribution in [0.25, 0.3) is 0 Å². The Hall–Kier alpha value is -3.63. The van der Waals surface area contributed by atoms with E-state index in [-0.39, 0.29) is 24.7 Å². The number of aliphatic carboxylic acids is 1. The Balaban J connectivity index is 1.90. The lowest BCUT2D eigenvalue weighted by atomic mass is 10.0. The highest BCUT2D eigenvalue weighted by atomic mass is 16.4. The highest BCUT2D eigenvalue weighted by Crippen LogP contribution is 2.19. The number of nitrogens with two attached hydrogens (primary N) is 1. The third-order valence-corrected chi connectivity index (χ3v) is 3.83. The molecule has 150 valence electrons. The van der Waals surface area contributed by atoms with Crippen molar-refractivity contribution in [2.24, 2.45) is 5.73 Å². The second-order valence-electron chi connectivity index (χ2n) is 6.16. The van der Waals surface area contributed by atoms with Crippen molar-refractivity contribution >= 4 is 17.8 Å². The molecule has 0 aliphatic rings. The van der Waals surface area contributed by atoms with E-state index in [0.717, 1.165) is 0 Å². The van der Waals surface area contributed by atoms with Gasteiger partial charge in [0.05, 0.1) is 18.2 Å². The number of carboxylic acid groups (broad SMARTS) is 1. The topological polar surface area (TPSA) is 179 Å². The minimum Gasteiger partial charge on any atom is -0.508 e. The van der Waals surface area contributed by atoms with E-state index in [2.05, 4.69) is 20.9 Å². The predicted octanol–water partition coefficient (Wildman–Crippen LogP) is -0.268. The summed E-state index contributed by atoms with van der Waals surface area (Å²) in [5.41, 5.74) is 6.46. The molecule has 2 rings (SSSR count). The van der Waals surface area contributed by atoms with Crippen molar-refractivity contribution in [3.8, 4) is 5.75 Å². The van der Waals surface area contributed by atoms with Gasteiger partial charge in [0.25, 0.3) is 0 Å². The Kier molecular flexibility index (Phi) is 7.31. The Morgan fingerprint density at radius 1 is 1.29 bits per heavy atom. The van der Waals surface area contributed by atoms with E-state index >= 15 is 0 Å². The van der Waals surface area contributed by atoms with Crippen LogP contribution in [0.4, 0.5) is 0 Å². The van der Waals surface area contributed by atoms with Gasteiger partial charge >= 0.3 is 5.97 Å². The first-order chi connectivity index (χ1) is 13.3. The number of nitrogens with one attached hydrogen (secondary N) is 3. The van der Waals surface area contributed by atoms with Crippen molar-refractivity contribution in [3.05, 3.63) is 41.7 Å². The number of benzene rings is 1. The number of hydrogen-bond acceptors (Lipinski definition) is 6. The maximum atomic E-state index is 12.3. The lowest BCUT2D eigenvalue weighted by molar-refractivity contribution is -0.137. The van der Waals surface area contributed by atoms with E-state index in [4.69, 9.17) is 16.2 Å². The summed E-state index contributed by atoms with van der Waals surface area (Å²) in [5.74, 6) is -1.50. The molecule has 11 heteroatoms. The molecule has 0 bridgehead atoms. The molecule has 0 unspecified atom stereocenters. The van der Waals surface area contributed by atoms with E-state index in [1.54, 1.807) is 18.3 Å². The molecule has 0 aliphatic carbocycles. The fraction of sp³-hybridized carbons (Fsp3) is 0.353. The molecule has 1 amide bonds. The molecule has 1 aromatic heterocycles. The van der Waals surface area contributed by atoms with Gasteiger partial charge in [-0.15, -0.1) is 5.10 Å². The second kappa shape index (κ2) is 9.90. The summed E-state index contributed by atoms with van der Waals surface area (Å²) in [6, 6.07) is 5.26. The quantitative estimate of drug-likeness (QED) is 0.182. The molecule has 28 heavy (non-hydrogen) atoms. The SMILES string of the molecule is N=C(N)NCCCc1cn(CC(=O)N[C@@H](CC(=O)O)c2ccc(O)cc2)nn1. The van der Waals surface area contributed by atoms with Crippen LogP contribution in [0.5, 0.6) is 5.75 Å². The molecule has 1 aromatic carbocycles. The molecule has 7 N–H and O–H groups in total. The summed E-state index contributed by atoms with van der Waals surface area (Å²) in [6.07, 6.45) is 2.66. The highest BCUT2D eigenvalue weighted by Gasteiger charge is 2.18. The molecule has 0 fully saturated rings. The van der Waals surface area contributed by atoms with Crippen LogP contribution in [0.15, 0.2) is 30.5 Å². The van der Waals surface area contributed by atoms with Gasteiger partial charge in [0.15, 0.2) is 5.96 Å². The lowest BCUT2D eigenvalue weighted by Crippen LogP contribution is -2.33. The fourth-order valence-corrected chi connectivity index (χ4v) is 2.54. The van der Waals surface area contributed by atoms with Gasteiger partial charge < -0.3 is 26.6 Å². The molecule has 0 spiro atoms. The predicted molar refractivity (Wildman–Crippen MR) is 99.5 cm³/mol. The Morgan fingerprint density at radius 3 is 2.64 bits per heavy atom. The number of amides is 1. The molecule has 11 nitrogen and oxygen atoms in total. The van der Waals surface area contributed by atoms with E-state index in [1.807, 2.05) is 0 Å². The number of phenolic OH excluding ortho intramolecular Hbond substituents is 1. The number of carbonyl (C=O) groups excluding carboxylic acids is 1. The summed E-state index contributed by atoms with van der Waals surface area (Å²) in [5, 5.41) is 38.7. The number of hydrogen-bond donors (Lipinski definition) is 6. The molecule has 1 atom stereocenters. The first-order valence-corrected chi connectivity index (χ1v) is 8.60. The van der Waals surface area contributed by atoms with Crippen molar-refractivity contribution in [1.82, 2.24) is 25.6 Å². The van der Waals surface area contributed by atoms with E-state index in [9.17, 15) is 14.7 Å². The maximum absolute atomic E-state index is 12.3. The molecule has 2 aromatic rings. The third-order valence-electron chi connectivity index (χ3n) is 3.83. The standard InChI is InChI=1S/C17H23N7O4/c18-17(19)20-7-1-2-12-9-24(23-22-12)10-15(26)21-14(8-16(27)28)11-3-5-13(25)6-4-11/h3-6,9,14,25H,1-2,7-8,10H2,(H,21,26)(H,27,28)(H4,18,19,20)/t14-/m0/s1. The van der Waals surface area contributed by atoms with Gasteiger partial charge in [-0.2, -0.15) is 0 Å². The number of rotatable bonds is 10. The number of aromatic hydroxyl groups is 1. The number of guanidine groups is 1. The zero-order valence-electron chi connectivity index (χ0n) is 15.1. The van der Waals surface area contributed by atoms with Crippen molar-refractivity contribution in [3.63, 3.8) is 0 Å². The summed E-state index contributed by atoms with van der Waals surface area (Å²) in [6.45, 7) is 0.430. The zero-order chi connectivity index (χ0) is 20.5. The average molecular weight is 389 g/mol. The molecular formula is C17H23N7O4. The van der Waals surface area contributed by atoms with E-state index < -0.39 is 17.9 Å². The number of phenols is 1. The third kappa shape index (κ3) is 6.94. The van der Waals surface area contributed by atoms with E-state index in [1.165, 1.54) is 16.8 Å². The van der Waals surface area contributed by atoms with Crippen LogP contribution >= 0.6 is 0 Å². The van der Waals surface area contributed by atoms with Gasteiger partial charge in [0.1, 0.15) is 12.3 Å². The monoisotopic (exact) mass is 389 g/mol. The van der Waals surface area contributed by atoms with Gasteiger partial charge in [0.2, 0.25) is 5.91 Å². The van der Waals surface area contributed by atoms with Crippen LogP contribution < -0.4 is 16.4 Å². The molecule has 0 saturated carbocycles. The summed E-state index contributed by atoms with van der Waals surface area (Å²) in [7, 11) is 0. The minimum atomic E-state index is -1.06. The first kappa shape index (κ1) is 20.7. The van der Waals surface area contributed by atoms with Crippen LogP contribution in [0.2, 0.25) is 0 Å². The maximum Gasteiger partial charge on any atom is 0.305 e. The number of nitrogens with zero attached hydrogens (tertiary/aromatic N) is 3. The molecule has 0 saturated heterocycles. The largest absolute Gasteiger partial charge is 0.508 e. The van der Waals surface area contributed by atoms with Crippen LogP contribution in [-0.4, -0.2) is 49.6 Å². The molecular weight excluding hydrogens is 366 g/mol. The van der Waals surface area contributed by atoms with Crippen LogP contribution in [-0.2, 0) is 22.6 Å². The summed E-state index contributed by atoms with van der Waals surface area (Å²) < 4.78 is 1.37. The van der Waals surface area contributed by atoms with Gasteiger partial charge in [-0.1, -0.05) is 17.3 Å². The Morgan fingerprint density at radius 2 is 2.00 bits per heavy atom. The molecule has 0 aliphatic heterocycles. The van der Waals surface area contributed by atoms with Gasteiger partial charge in [-0.3, -0.25) is 15.0 Å². The van der Waals surface area contributed by atoms with Crippen molar-refractivity contribution in [2.45, 2.75) is 31.8 Å². The normalized spacial score (nSPS) is 11.6. The minimum absolute atomic E-state index is 0.0535. The fourth-order valence-electron chi connectivity index (χ4n) is 2.54. The number of carboxylic acids is 1. The first-order valence-electron chi connectivity index (χ1n) is 8.60. The number of carbonyl (C=O) groups is 2. The zero-order valence-corrected chi connectivity index (χ0v) is 15.1. The van der Waals surface area contributed by atoms with Gasteiger partial charge in [0, 0.05) is 12.7 Å². The number of aryl methyl sites for hydroxylation is 1. The molecule has 0 radical (unpaired) electrons. The van der Waals surface area contributed by atoms with E-state index in [0.29, 0.717) is 30.6 Å². The Bertz CT molecular complexity index is 819. The van der Waals surface area contributed by atoms with Crippen LogP contribution in [0.3, 0.4) is 0 Å². The Labute approximate surface area is 161 Å². The second-order valence-corrected chi connectivity index (χ2v) is 6.16. The number of aromatic nitrogens is 3. The molecule has 1 heterocycles. The summed E-state index contributed by atoms with van der Waals surface area (Å²) in [4.78, 5) is 23.4.